The maximum Gasteiger partial charge on any atom is 0.227 e. The van der Waals surface area contributed by atoms with Crippen molar-refractivity contribution in [2.75, 3.05) is 42.9 Å². The van der Waals surface area contributed by atoms with E-state index in [1.165, 1.54) is 17.0 Å². The van der Waals surface area contributed by atoms with E-state index in [1.54, 1.807) is 0 Å². The standard InChI is InChI=1S/C20H22N4OS/c25-19(22-20-21-17-8-4-5-9-18(17)26-20)10-11-23-12-14-24(15-13-23)16-6-2-1-3-7-16/h1-9H,10-15H2,(H,21,22,25). The number of amides is 1. The molecule has 0 radical (unpaired) electrons. The summed E-state index contributed by atoms with van der Waals surface area (Å²) in [6, 6.07) is 18.4. The highest BCUT2D eigenvalue weighted by Crippen LogP contribution is 2.25. The van der Waals surface area contributed by atoms with Gasteiger partial charge in [-0.1, -0.05) is 41.7 Å². The van der Waals surface area contributed by atoms with Gasteiger partial charge in [0.2, 0.25) is 5.91 Å². The van der Waals surface area contributed by atoms with E-state index in [0.717, 1.165) is 42.9 Å². The van der Waals surface area contributed by atoms with Crippen molar-refractivity contribution in [1.82, 2.24) is 9.88 Å². The van der Waals surface area contributed by atoms with Crippen LogP contribution in [0.1, 0.15) is 6.42 Å². The monoisotopic (exact) mass is 366 g/mol. The number of thiazole rings is 1. The number of carbonyl (C=O) groups excluding carboxylic acids is 1. The summed E-state index contributed by atoms with van der Waals surface area (Å²) in [5, 5.41) is 3.62. The molecule has 1 aliphatic heterocycles. The predicted molar refractivity (Wildman–Crippen MR) is 108 cm³/mol. The second-order valence-corrected chi connectivity index (χ2v) is 7.48. The van der Waals surface area contributed by atoms with Crippen molar-refractivity contribution in [3.63, 3.8) is 0 Å². The maximum atomic E-state index is 12.2. The number of carbonyl (C=O) groups is 1. The molecule has 3 aromatic rings. The Hall–Kier alpha value is -2.44. The van der Waals surface area contributed by atoms with Gasteiger partial charge in [0.05, 0.1) is 10.2 Å². The fourth-order valence-corrected chi connectivity index (χ4v) is 4.12. The Morgan fingerprint density at radius 3 is 2.50 bits per heavy atom. The molecule has 5 nitrogen and oxygen atoms in total. The second-order valence-electron chi connectivity index (χ2n) is 6.45. The summed E-state index contributed by atoms with van der Waals surface area (Å²) < 4.78 is 1.10. The summed E-state index contributed by atoms with van der Waals surface area (Å²) in [5.74, 6) is 0.0366. The molecule has 26 heavy (non-hydrogen) atoms. The third-order valence-electron chi connectivity index (χ3n) is 4.69. The highest BCUT2D eigenvalue weighted by atomic mass is 32.1. The Morgan fingerprint density at radius 2 is 1.73 bits per heavy atom. The topological polar surface area (TPSA) is 48.5 Å². The summed E-state index contributed by atoms with van der Waals surface area (Å²) in [5.41, 5.74) is 2.21. The molecular weight excluding hydrogens is 344 g/mol. The zero-order valence-corrected chi connectivity index (χ0v) is 15.4. The van der Waals surface area contributed by atoms with Gasteiger partial charge in [-0.25, -0.2) is 4.98 Å². The van der Waals surface area contributed by atoms with Crippen molar-refractivity contribution in [2.24, 2.45) is 0 Å². The molecule has 1 amide bonds. The van der Waals surface area contributed by atoms with E-state index in [0.29, 0.717) is 11.6 Å². The molecule has 1 N–H and O–H groups in total. The molecule has 0 atom stereocenters. The molecule has 0 unspecified atom stereocenters. The summed E-state index contributed by atoms with van der Waals surface area (Å²) in [6.07, 6.45) is 0.501. The zero-order chi connectivity index (χ0) is 17.8. The summed E-state index contributed by atoms with van der Waals surface area (Å²) in [6.45, 7) is 4.78. The minimum atomic E-state index is 0.0366. The molecule has 4 rings (SSSR count). The number of hydrogen-bond donors (Lipinski definition) is 1. The fraction of sp³-hybridized carbons (Fsp3) is 0.300. The first kappa shape index (κ1) is 17.0. The number of benzene rings is 2. The number of para-hydroxylation sites is 2. The van der Waals surface area contributed by atoms with Gasteiger partial charge in [0.15, 0.2) is 5.13 Å². The summed E-state index contributed by atoms with van der Waals surface area (Å²) in [4.78, 5) is 21.5. The van der Waals surface area contributed by atoms with E-state index in [2.05, 4.69) is 44.4 Å². The quantitative estimate of drug-likeness (QED) is 0.751. The van der Waals surface area contributed by atoms with Crippen molar-refractivity contribution >= 4 is 38.3 Å². The largest absolute Gasteiger partial charge is 0.369 e. The van der Waals surface area contributed by atoms with E-state index in [1.807, 2.05) is 30.3 Å². The van der Waals surface area contributed by atoms with Crippen LogP contribution in [0.15, 0.2) is 54.6 Å². The van der Waals surface area contributed by atoms with Gasteiger partial charge in [-0.2, -0.15) is 0 Å². The molecule has 0 bridgehead atoms. The van der Waals surface area contributed by atoms with E-state index >= 15 is 0 Å². The number of fused-ring (bicyclic) bond motifs is 1. The van der Waals surface area contributed by atoms with Gasteiger partial charge in [0.1, 0.15) is 0 Å². The Balaban J connectivity index is 1.24. The molecule has 1 fully saturated rings. The molecule has 6 heteroatoms. The minimum absolute atomic E-state index is 0.0366. The fourth-order valence-electron chi connectivity index (χ4n) is 3.24. The van der Waals surface area contributed by atoms with Crippen LogP contribution in [0.5, 0.6) is 0 Å². The van der Waals surface area contributed by atoms with Crippen LogP contribution in [0.25, 0.3) is 10.2 Å². The SMILES string of the molecule is O=C(CCN1CCN(c2ccccc2)CC1)Nc1nc2ccccc2s1. The lowest BCUT2D eigenvalue weighted by molar-refractivity contribution is -0.116. The molecule has 0 spiro atoms. The van der Waals surface area contributed by atoms with Crippen molar-refractivity contribution in [2.45, 2.75) is 6.42 Å². The van der Waals surface area contributed by atoms with Crippen LogP contribution in [0, 0.1) is 0 Å². The lowest BCUT2D eigenvalue weighted by Gasteiger charge is -2.36. The van der Waals surface area contributed by atoms with Gasteiger partial charge in [-0.15, -0.1) is 0 Å². The third kappa shape index (κ3) is 4.03. The number of aromatic nitrogens is 1. The van der Waals surface area contributed by atoms with Crippen LogP contribution in [0.2, 0.25) is 0 Å². The van der Waals surface area contributed by atoms with Crippen molar-refractivity contribution in [3.05, 3.63) is 54.6 Å². The van der Waals surface area contributed by atoms with Crippen LogP contribution in [0.3, 0.4) is 0 Å². The first-order valence-corrected chi connectivity index (χ1v) is 9.77. The summed E-state index contributed by atoms with van der Waals surface area (Å²) in [7, 11) is 0. The van der Waals surface area contributed by atoms with E-state index in [-0.39, 0.29) is 5.91 Å². The Bertz CT molecular complexity index is 839. The normalized spacial score (nSPS) is 15.3. The highest BCUT2D eigenvalue weighted by Gasteiger charge is 2.18. The molecule has 0 saturated carbocycles. The molecule has 134 valence electrons. The van der Waals surface area contributed by atoms with Crippen LogP contribution in [-0.4, -0.2) is 48.5 Å². The van der Waals surface area contributed by atoms with E-state index in [4.69, 9.17) is 0 Å². The predicted octanol–water partition coefficient (Wildman–Crippen LogP) is 3.45. The molecule has 2 heterocycles. The first-order valence-electron chi connectivity index (χ1n) is 8.96. The second kappa shape index (κ2) is 7.85. The van der Waals surface area contributed by atoms with Crippen LogP contribution in [-0.2, 0) is 4.79 Å². The summed E-state index contributed by atoms with van der Waals surface area (Å²) >= 11 is 1.52. The van der Waals surface area contributed by atoms with Crippen LogP contribution >= 0.6 is 11.3 Å². The number of nitrogens with zero attached hydrogens (tertiary/aromatic N) is 3. The minimum Gasteiger partial charge on any atom is -0.369 e. The Kier molecular flexibility index (Phi) is 5.13. The van der Waals surface area contributed by atoms with Gasteiger partial charge in [0.25, 0.3) is 0 Å². The highest BCUT2D eigenvalue weighted by molar-refractivity contribution is 7.22. The van der Waals surface area contributed by atoms with Crippen molar-refractivity contribution < 1.29 is 4.79 Å². The average molecular weight is 366 g/mol. The molecule has 0 aliphatic carbocycles. The Morgan fingerprint density at radius 1 is 1.00 bits per heavy atom. The molecule has 1 aliphatic rings. The number of hydrogen-bond acceptors (Lipinski definition) is 5. The van der Waals surface area contributed by atoms with Crippen molar-refractivity contribution in [3.8, 4) is 0 Å². The maximum absolute atomic E-state index is 12.2. The number of piperazine rings is 1. The lowest BCUT2D eigenvalue weighted by Crippen LogP contribution is -2.47. The van der Waals surface area contributed by atoms with Crippen LogP contribution < -0.4 is 10.2 Å². The van der Waals surface area contributed by atoms with Gasteiger partial charge in [-0.3, -0.25) is 9.69 Å². The molecule has 1 saturated heterocycles. The molecular formula is C20H22N4OS. The number of rotatable bonds is 5. The molecule has 2 aromatic carbocycles. The van der Waals surface area contributed by atoms with E-state index < -0.39 is 0 Å². The Labute approximate surface area is 157 Å². The van der Waals surface area contributed by atoms with Gasteiger partial charge in [-0.05, 0) is 24.3 Å². The van der Waals surface area contributed by atoms with Crippen molar-refractivity contribution in [1.29, 1.82) is 0 Å². The smallest absolute Gasteiger partial charge is 0.227 e. The average Bonchev–Trinajstić information content (AvgIpc) is 3.09. The van der Waals surface area contributed by atoms with Crippen LogP contribution in [0.4, 0.5) is 10.8 Å². The zero-order valence-electron chi connectivity index (χ0n) is 14.6. The first-order chi connectivity index (χ1) is 12.8. The van der Waals surface area contributed by atoms with Gasteiger partial charge < -0.3 is 10.2 Å². The number of nitrogens with one attached hydrogen (secondary N) is 1. The van der Waals surface area contributed by atoms with E-state index in [9.17, 15) is 4.79 Å². The van der Waals surface area contributed by atoms with Gasteiger partial charge in [0, 0.05) is 44.8 Å². The molecule has 1 aromatic heterocycles. The number of anilines is 2. The lowest BCUT2D eigenvalue weighted by atomic mass is 10.2. The third-order valence-corrected chi connectivity index (χ3v) is 5.64. The van der Waals surface area contributed by atoms with Gasteiger partial charge >= 0.3 is 0 Å².